The third-order valence-electron chi connectivity index (χ3n) is 4.75. The molecule has 0 saturated carbocycles. The van der Waals surface area contributed by atoms with Crippen LogP contribution in [0.5, 0.6) is 0 Å². The Bertz CT molecular complexity index is 1470. The summed E-state index contributed by atoms with van der Waals surface area (Å²) in [6, 6.07) is 22.5. The number of benzene rings is 3. The van der Waals surface area contributed by atoms with E-state index in [1.54, 1.807) is 17.4 Å². The molecule has 3 heterocycles. The van der Waals surface area contributed by atoms with Crippen molar-refractivity contribution in [3.05, 3.63) is 72.5 Å². The number of fused-ring (bicyclic) bond motifs is 10. The van der Waals surface area contributed by atoms with Crippen molar-refractivity contribution in [2.24, 2.45) is 0 Å². The Labute approximate surface area is 187 Å². The Hall–Kier alpha value is -2.33. The van der Waals surface area contributed by atoms with Gasteiger partial charge in [-0.05, 0) is 17.5 Å². The number of imidazole rings is 1. The Kier molecular flexibility index (Phi) is 6.48. The second kappa shape index (κ2) is 8.19. The van der Waals surface area contributed by atoms with Crippen LogP contribution in [0.4, 0.5) is 4.39 Å². The van der Waals surface area contributed by atoms with Crippen LogP contribution in [-0.2, 0) is 20.1 Å². The van der Waals surface area contributed by atoms with E-state index in [0.717, 1.165) is 43.1 Å². The van der Waals surface area contributed by atoms with E-state index in [9.17, 15) is 4.39 Å². The number of pyridine rings is 1. The number of nitrogens with zero attached hydrogens (tertiary/aromatic N) is 2. The average molecular weight is 582 g/mol. The quantitative estimate of drug-likeness (QED) is 0.132. The summed E-state index contributed by atoms with van der Waals surface area (Å²) in [6.45, 7) is 0. The fraction of sp³-hybridized carbons (Fsp3) is 0.125. The Morgan fingerprint density at radius 3 is 2.38 bits per heavy atom. The molecule has 3 aromatic heterocycles. The zero-order valence-corrected chi connectivity index (χ0v) is 16.5. The van der Waals surface area contributed by atoms with Gasteiger partial charge in [-0.25, -0.2) is 0 Å². The summed E-state index contributed by atoms with van der Waals surface area (Å²) in [6.07, 6.45) is 0. The van der Waals surface area contributed by atoms with Gasteiger partial charge in [0.2, 0.25) is 0 Å². The van der Waals surface area contributed by atoms with E-state index in [4.69, 9.17) is 4.98 Å². The molecule has 0 aliphatic rings. The normalized spacial score (nSPS) is 10.5. The number of aromatic nitrogens is 2. The van der Waals surface area contributed by atoms with Gasteiger partial charge in [0.25, 0.3) is 0 Å². The Morgan fingerprint density at radius 1 is 0.897 bits per heavy atom. The van der Waals surface area contributed by atoms with Crippen LogP contribution in [-0.4, -0.2) is 9.38 Å². The molecule has 6 aromatic rings. The maximum Gasteiger partial charge on any atom is 0.119 e. The predicted molar refractivity (Wildman–Crippen MR) is 122 cm³/mol. The molecule has 0 saturated heterocycles. The molecule has 151 valence electrons. The second-order valence-electron chi connectivity index (χ2n) is 6.15. The van der Waals surface area contributed by atoms with Gasteiger partial charge >= 0.3 is 0 Å². The van der Waals surface area contributed by atoms with Crippen LogP contribution < -0.4 is 0 Å². The first kappa shape index (κ1) is 23.0. The molecule has 5 heteroatoms. The summed E-state index contributed by atoms with van der Waals surface area (Å²) in [5, 5.41) is 3.88. The first-order valence-corrected chi connectivity index (χ1v) is 8.84. The van der Waals surface area contributed by atoms with Gasteiger partial charge in [-0.15, -0.1) is 29.5 Å². The zero-order valence-electron chi connectivity index (χ0n) is 13.3. The molecule has 0 aliphatic carbocycles. The van der Waals surface area contributed by atoms with Gasteiger partial charge in [0.05, 0.1) is 11.2 Å². The van der Waals surface area contributed by atoms with Gasteiger partial charge in [0, 0.05) is 41.5 Å². The van der Waals surface area contributed by atoms with Crippen molar-refractivity contribution >= 4 is 59.1 Å². The monoisotopic (exact) mass is 582 g/mol. The first-order valence-electron chi connectivity index (χ1n) is 8.02. The number of hydrogen-bond acceptors (Lipinski definition) is 2. The van der Waals surface area contributed by atoms with Crippen LogP contribution in [0.1, 0.15) is 22.3 Å². The summed E-state index contributed by atoms with van der Waals surface area (Å²) < 4.78 is 17.3. The van der Waals surface area contributed by atoms with Crippen LogP contribution >= 0.6 is 11.3 Å². The van der Waals surface area contributed by atoms with Crippen LogP contribution in [0.25, 0.3) is 47.8 Å². The maximum absolute atomic E-state index is 13.9. The molecule has 0 fully saturated rings. The number of rotatable bonds is 0. The van der Waals surface area contributed by atoms with E-state index in [0.29, 0.717) is 0 Å². The fourth-order valence-corrected chi connectivity index (χ4v) is 4.84. The molecule has 29 heavy (non-hydrogen) atoms. The molecule has 0 spiro atoms. The molecular weight excluding hydrogens is 560 g/mol. The third-order valence-corrected chi connectivity index (χ3v) is 5.89. The van der Waals surface area contributed by atoms with Gasteiger partial charge in [0.15, 0.2) is 0 Å². The minimum Gasteiger partial charge on any atom is -0.325 e. The van der Waals surface area contributed by atoms with Crippen molar-refractivity contribution in [3.8, 4) is 0 Å². The maximum atomic E-state index is 13.9. The van der Waals surface area contributed by atoms with E-state index in [1.165, 1.54) is 10.8 Å². The molecule has 3 aromatic carbocycles. The molecule has 0 atom stereocenters. The van der Waals surface area contributed by atoms with Crippen LogP contribution in [0.3, 0.4) is 0 Å². The standard InChI is InChI=1S/C21H10FN2S.3CH4.Ir/c22-12-9-10-14-16(11-12)13-5-1-3-7-17(13)24-20(14)23-19-15-6-2-4-8-18(15)25-21(19)24;;;;/h1-9,11H;3*1H4;/q-1;;;;. The van der Waals surface area contributed by atoms with E-state index in [2.05, 4.69) is 34.7 Å². The summed E-state index contributed by atoms with van der Waals surface area (Å²) >= 11 is 1.74. The Morgan fingerprint density at radius 2 is 1.59 bits per heavy atom. The second-order valence-corrected chi connectivity index (χ2v) is 7.18. The molecule has 0 unspecified atom stereocenters. The van der Waals surface area contributed by atoms with Crippen LogP contribution in [0.2, 0.25) is 0 Å². The van der Waals surface area contributed by atoms with Gasteiger partial charge in [0.1, 0.15) is 4.83 Å². The topological polar surface area (TPSA) is 17.3 Å². The third kappa shape index (κ3) is 3.05. The van der Waals surface area contributed by atoms with E-state index in [-0.39, 0.29) is 48.2 Å². The Balaban J connectivity index is 0.000000750. The van der Waals surface area contributed by atoms with Crippen LogP contribution in [0.15, 0.2) is 60.7 Å². The summed E-state index contributed by atoms with van der Waals surface area (Å²) in [5.74, 6) is -0.277. The molecule has 6 rings (SSSR count). The molecule has 1 radical (unpaired) electrons. The molecule has 0 N–H and O–H groups in total. The minimum atomic E-state index is -0.277. The molecule has 0 aliphatic heterocycles. The fourth-order valence-electron chi connectivity index (χ4n) is 3.69. The summed E-state index contributed by atoms with van der Waals surface area (Å²) in [4.78, 5) is 6.05. The number of halogens is 1. The molecule has 0 bridgehead atoms. The first-order chi connectivity index (χ1) is 12.3. The summed E-state index contributed by atoms with van der Waals surface area (Å²) in [5.41, 5.74) is 2.87. The average Bonchev–Trinajstić information content (AvgIpc) is 3.18. The van der Waals surface area contributed by atoms with E-state index in [1.807, 2.05) is 24.3 Å². The largest absolute Gasteiger partial charge is 0.325 e. The number of hydrogen-bond donors (Lipinski definition) is 0. The number of para-hydroxylation sites is 1. The van der Waals surface area contributed by atoms with Crippen molar-refractivity contribution < 1.29 is 24.5 Å². The van der Waals surface area contributed by atoms with Crippen molar-refractivity contribution in [1.29, 1.82) is 0 Å². The van der Waals surface area contributed by atoms with Crippen LogP contribution in [0, 0.1) is 11.9 Å². The van der Waals surface area contributed by atoms with Gasteiger partial charge in [-0.3, -0.25) is 9.37 Å². The van der Waals surface area contributed by atoms with Crippen molar-refractivity contribution in [2.75, 3.05) is 0 Å². The predicted octanol–water partition coefficient (Wildman–Crippen LogP) is 7.85. The molecule has 0 amide bonds. The number of thiophene rings is 1. The molecule has 2 nitrogen and oxygen atoms in total. The SMILES string of the molecule is C.C.C.Fc1c[c-]c2c(c1)c1ccccc1n1c2nc2c3ccccc3sc21.[Ir]. The van der Waals surface area contributed by atoms with E-state index < -0.39 is 0 Å². The van der Waals surface area contributed by atoms with Crippen molar-refractivity contribution in [3.63, 3.8) is 0 Å². The zero-order chi connectivity index (χ0) is 16.5. The van der Waals surface area contributed by atoms with Gasteiger partial charge in [-0.2, -0.15) is 0 Å². The van der Waals surface area contributed by atoms with Crippen molar-refractivity contribution in [2.45, 2.75) is 22.3 Å². The van der Waals surface area contributed by atoms with E-state index >= 15 is 0 Å². The molecular formula is C24H22FIrN2S-. The minimum absolute atomic E-state index is 0. The van der Waals surface area contributed by atoms with Crippen molar-refractivity contribution in [1.82, 2.24) is 9.38 Å². The van der Waals surface area contributed by atoms with Gasteiger partial charge in [-0.1, -0.05) is 69.5 Å². The summed E-state index contributed by atoms with van der Waals surface area (Å²) in [7, 11) is 0. The smallest absolute Gasteiger partial charge is 0.119 e. The van der Waals surface area contributed by atoms with Gasteiger partial charge < -0.3 is 4.40 Å².